The molecule has 2 rings (SSSR count). The molecule has 0 unspecified atom stereocenters. The quantitative estimate of drug-likeness (QED) is 0.683. The van der Waals surface area contributed by atoms with Crippen LogP contribution in [0.1, 0.15) is 20.3 Å². The van der Waals surface area contributed by atoms with E-state index in [2.05, 4.69) is 45.8 Å². The van der Waals surface area contributed by atoms with Crippen LogP contribution in [0.15, 0.2) is 11.2 Å². The first-order chi connectivity index (χ1) is 9.04. The number of nitrogens with zero attached hydrogens (tertiary/aromatic N) is 3. The van der Waals surface area contributed by atoms with E-state index in [0.717, 1.165) is 35.6 Å². The van der Waals surface area contributed by atoms with Crippen molar-refractivity contribution in [3.05, 3.63) is 6.07 Å². The zero-order chi connectivity index (χ0) is 13.9. The largest absolute Gasteiger partial charge is 0.373 e. The van der Waals surface area contributed by atoms with E-state index in [-0.39, 0.29) is 0 Å². The normalized spacial score (nSPS) is 19.1. The lowest BCUT2D eigenvalue weighted by Crippen LogP contribution is -2.28. The Morgan fingerprint density at radius 3 is 2.84 bits per heavy atom. The van der Waals surface area contributed by atoms with Crippen molar-refractivity contribution in [1.29, 1.82) is 0 Å². The average molecular weight is 298 g/mol. The average Bonchev–Trinajstić information content (AvgIpc) is 2.59. The van der Waals surface area contributed by atoms with Gasteiger partial charge in [-0.3, -0.25) is 0 Å². The molecule has 1 aromatic heterocycles. The minimum absolute atomic E-state index is 0.371. The minimum atomic E-state index is 0.371. The van der Waals surface area contributed by atoms with Crippen LogP contribution in [0.2, 0.25) is 0 Å². The van der Waals surface area contributed by atoms with Gasteiger partial charge in [-0.05, 0) is 12.7 Å². The highest BCUT2D eigenvalue weighted by Gasteiger charge is 2.24. The molecule has 1 saturated heterocycles. The van der Waals surface area contributed by atoms with Crippen molar-refractivity contribution < 1.29 is 0 Å². The molecule has 1 N–H and O–H groups in total. The van der Waals surface area contributed by atoms with E-state index in [1.54, 1.807) is 11.8 Å². The van der Waals surface area contributed by atoms with Crippen LogP contribution >= 0.6 is 23.5 Å². The Kier molecular flexibility index (Phi) is 4.84. The molecular formula is C13H22N4S2. The Morgan fingerprint density at radius 2 is 2.16 bits per heavy atom. The maximum absolute atomic E-state index is 4.64. The molecule has 1 aromatic rings. The lowest BCUT2D eigenvalue weighted by atomic mass is 10.1. The van der Waals surface area contributed by atoms with Gasteiger partial charge < -0.3 is 10.2 Å². The summed E-state index contributed by atoms with van der Waals surface area (Å²) in [4.78, 5) is 11.4. The third kappa shape index (κ3) is 3.92. The Morgan fingerprint density at radius 1 is 1.37 bits per heavy atom. The van der Waals surface area contributed by atoms with E-state index in [9.17, 15) is 0 Å². The van der Waals surface area contributed by atoms with Crippen molar-refractivity contribution in [2.24, 2.45) is 0 Å². The molecule has 0 radical (unpaired) electrons. The second kappa shape index (κ2) is 6.22. The van der Waals surface area contributed by atoms with E-state index in [0.29, 0.717) is 4.75 Å². The summed E-state index contributed by atoms with van der Waals surface area (Å²) in [6.07, 6.45) is 3.20. The van der Waals surface area contributed by atoms with Crippen molar-refractivity contribution in [3.8, 4) is 0 Å². The van der Waals surface area contributed by atoms with E-state index < -0.39 is 0 Å². The molecule has 4 nitrogen and oxygen atoms in total. The predicted octanol–water partition coefficient (Wildman–Crippen LogP) is 2.96. The summed E-state index contributed by atoms with van der Waals surface area (Å²) in [7, 11) is 1.90. The van der Waals surface area contributed by atoms with E-state index >= 15 is 0 Å². The van der Waals surface area contributed by atoms with Gasteiger partial charge in [0.25, 0.3) is 0 Å². The van der Waals surface area contributed by atoms with Crippen molar-refractivity contribution >= 4 is 35.2 Å². The first-order valence-corrected chi connectivity index (χ1v) is 8.75. The molecule has 0 aliphatic carbocycles. The zero-order valence-corrected chi connectivity index (χ0v) is 13.7. The van der Waals surface area contributed by atoms with Crippen LogP contribution in [0.3, 0.4) is 0 Å². The Bertz CT molecular complexity index is 414. The van der Waals surface area contributed by atoms with E-state index in [1.807, 2.05) is 19.4 Å². The maximum Gasteiger partial charge on any atom is 0.191 e. The maximum atomic E-state index is 4.64. The van der Waals surface area contributed by atoms with Gasteiger partial charge in [-0.2, -0.15) is 11.8 Å². The van der Waals surface area contributed by atoms with Crippen molar-refractivity contribution in [2.75, 3.05) is 42.4 Å². The fraction of sp³-hybridized carbons (Fsp3) is 0.692. The number of nitrogens with one attached hydrogen (secondary N) is 1. The molecule has 0 aromatic carbocycles. The molecule has 0 atom stereocenters. The van der Waals surface area contributed by atoms with Gasteiger partial charge in [-0.15, -0.1) is 0 Å². The van der Waals surface area contributed by atoms with Crippen LogP contribution in [0.4, 0.5) is 11.6 Å². The summed E-state index contributed by atoms with van der Waals surface area (Å²) >= 11 is 3.64. The fourth-order valence-corrected chi connectivity index (χ4v) is 3.52. The highest BCUT2D eigenvalue weighted by Crippen LogP contribution is 2.32. The molecule has 0 saturated carbocycles. The summed E-state index contributed by atoms with van der Waals surface area (Å²) in [5.41, 5.74) is 0. The smallest absolute Gasteiger partial charge is 0.191 e. The summed E-state index contributed by atoms with van der Waals surface area (Å²) in [6, 6.07) is 2.04. The van der Waals surface area contributed by atoms with Gasteiger partial charge in [0.15, 0.2) is 5.16 Å². The Labute approximate surface area is 124 Å². The van der Waals surface area contributed by atoms with Crippen LogP contribution < -0.4 is 10.2 Å². The molecule has 19 heavy (non-hydrogen) atoms. The van der Waals surface area contributed by atoms with Crippen LogP contribution in [-0.2, 0) is 0 Å². The number of rotatable bonds is 3. The van der Waals surface area contributed by atoms with E-state index in [1.165, 1.54) is 6.42 Å². The number of aromatic nitrogens is 2. The van der Waals surface area contributed by atoms with Crippen molar-refractivity contribution in [1.82, 2.24) is 9.97 Å². The molecule has 0 bridgehead atoms. The third-order valence-corrected chi connectivity index (χ3v) is 5.21. The topological polar surface area (TPSA) is 41.0 Å². The third-order valence-electron chi connectivity index (χ3n) is 3.29. The monoisotopic (exact) mass is 298 g/mol. The Balaban J connectivity index is 2.21. The molecule has 2 heterocycles. The van der Waals surface area contributed by atoms with Crippen LogP contribution in [-0.4, -0.2) is 46.9 Å². The van der Waals surface area contributed by atoms with Crippen LogP contribution in [0, 0.1) is 0 Å². The summed E-state index contributed by atoms with van der Waals surface area (Å²) < 4.78 is 0.371. The summed E-state index contributed by atoms with van der Waals surface area (Å²) in [5, 5.41) is 3.95. The second-order valence-electron chi connectivity index (χ2n) is 5.19. The minimum Gasteiger partial charge on any atom is -0.373 e. The molecular weight excluding hydrogens is 276 g/mol. The van der Waals surface area contributed by atoms with Gasteiger partial charge >= 0.3 is 0 Å². The molecule has 0 spiro atoms. The number of anilines is 2. The SMILES string of the molecule is CNc1cc(N2CCSC(C)(C)CC2)nc(SC)n1. The summed E-state index contributed by atoms with van der Waals surface area (Å²) in [6.45, 7) is 6.77. The first kappa shape index (κ1) is 14.8. The summed E-state index contributed by atoms with van der Waals surface area (Å²) in [5.74, 6) is 3.09. The van der Waals surface area contributed by atoms with Crippen molar-refractivity contribution in [3.63, 3.8) is 0 Å². The highest BCUT2D eigenvalue weighted by molar-refractivity contribution is 8.00. The van der Waals surface area contributed by atoms with Gasteiger partial charge in [-0.25, -0.2) is 9.97 Å². The highest BCUT2D eigenvalue weighted by atomic mass is 32.2. The number of hydrogen-bond donors (Lipinski definition) is 1. The van der Waals surface area contributed by atoms with Crippen molar-refractivity contribution in [2.45, 2.75) is 30.2 Å². The number of hydrogen-bond acceptors (Lipinski definition) is 6. The van der Waals surface area contributed by atoms with Gasteiger partial charge in [0.2, 0.25) is 0 Å². The van der Waals surface area contributed by atoms with Gasteiger partial charge in [0.05, 0.1) is 0 Å². The first-order valence-electron chi connectivity index (χ1n) is 6.54. The lowest BCUT2D eigenvalue weighted by Gasteiger charge is -2.23. The molecule has 6 heteroatoms. The van der Waals surface area contributed by atoms with Crippen LogP contribution in [0.5, 0.6) is 0 Å². The number of thioether (sulfide) groups is 2. The standard InChI is InChI=1S/C13H22N4S2/c1-13(2)5-6-17(7-8-19-13)11-9-10(14-3)15-12(16-11)18-4/h9H,5-8H2,1-4H3,(H,14,15,16). The fourth-order valence-electron chi connectivity index (χ4n) is 2.04. The molecule has 1 aliphatic heterocycles. The lowest BCUT2D eigenvalue weighted by molar-refractivity contribution is 0.633. The van der Waals surface area contributed by atoms with E-state index in [4.69, 9.17) is 0 Å². The molecule has 0 amide bonds. The predicted molar refractivity (Wildman–Crippen MR) is 86.7 cm³/mol. The molecule has 1 fully saturated rings. The Hall–Kier alpha value is -0.620. The van der Waals surface area contributed by atoms with Crippen LogP contribution in [0.25, 0.3) is 0 Å². The molecule has 106 valence electrons. The van der Waals surface area contributed by atoms with Gasteiger partial charge in [-0.1, -0.05) is 25.6 Å². The second-order valence-corrected chi connectivity index (χ2v) is 7.77. The van der Waals surface area contributed by atoms with Gasteiger partial charge in [0, 0.05) is 36.7 Å². The van der Waals surface area contributed by atoms with Gasteiger partial charge in [0.1, 0.15) is 11.6 Å². The zero-order valence-electron chi connectivity index (χ0n) is 12.1. The molecule has 1 aliphatic rings.